The lowest BCUT2D eigenvalue weighted by atomic mass is 10.2. The minimum absolute atomic E-state index is 0. The van der Waals surface area contributed by atoms with E-state index in [1.54, 1.807) is 0 Å². The second-order valence-electron chi connectivity index (χ2n) is 1.64. The first-order chi connectivity index (χ1) is 3.41. The Bertz CT molecular complexity index is 25.7. The summed E-state index contributed by atoms with van der Waals surface area (Å²) in [5.41, 5.74) is 10.5. The van der Waals surface area contributed by atoms with E-state index in [9.17, 15) is 0 Å². The van der Waals surface area contributed by atoms with Crippen LogP contribution in [0.2, 0.25) is 0 Å². The molecule has 0 atom stereocenters. The van der Waals surface area contributed by atoms with Crippen LogP contribution in [0.1, 0.15) is 26.7 Å². The molecular weight excluding hydrogens is 100 g/mol. The lowest BCUT2D eigenvalue weighted by molar-refractivity contribution is 0.695. The molecule has 8 heavy (non-hydrogen) atoms. The molecule has 0 unspecified atom stereocenters. The summed E-state index contributed by atoms with van der Waals surface area (Å²) >= 11 is 0. The maximum absolute atomic E-state index is 5.23. The molecule has 0 aliphatic rings. The van der Waals surface area contributed by atoms with Gasteiger partial charge in [-0.1, -0.05) is 13.8 Å². The van der Waals surface area contributed by atoms with Gasteiger partial charge < -0.3 is 11.5 Å². The maximum atomic E-state index is 5.23. The average Bonchev–Trinajstić information content (AvgIpc) is 1.69. The van der Waals surface area contributed by atoms with Crippen molar-refractivity contribution in [3.63, 3.8) is 0 Å². The second kappa shape index (κ2) is 10.0. The minimum Gasteiger partial charge on any atom is -0.330 e. The Balaban J connectivity index is 0. The van der Waals surface area contributed by atoms with Gasteiger partial charge in [-0.3, -0.25) is 0 Å². The van der Waals surface area contributed by atoms with Crippen LogP contribution in [-0.2, 0) is 0 Å². The van der Waals surface area contributed by atoms with Crippen LogP contribution in [0.5, 0.6) is 0 Å². The van der Waals surface area contributed by atoms with Crippen molar-refractivity contribution in [3.8, 4) is 0 Å². The summed E-state index contributed by atoms with van der Waals surface area (Å²) in [6, 6.07) is 0. The first-order valence-corrected chi connectivity index (χ1v) is 2.82. The average molecular weight is 118 g/mol. The van der Waals surface area contributed by atoms with Crippen molar-refractivity contribution in [2.75, 3.05) is 13.1 Å². The van der Waals surface area contributed by atoms with E-state index in [0.717, 1.165) is 25.9 Å². The fraction of sp³-hybridized carbons (Fsp3) is 1.00. The maximum Gasteiger partial charge on any atom is -0.00773 e. The zero-order valence-corrected chi connectivity index (χ0v) is 4.69. The monoisotopic (exact) mass is 118 g/mol. The van der Waals surface area contributed by atoms with Gasteiger partial charge in [-0.15, -0.1) is 0 Å². The molecule has 0 aliphatic carbocycles. The third-order valence-electron chi connectivity index (χ3n) is 0.908. The molecule has 0 heterocycles. The van der Waals surface area contributed by atoms with Crippen molar-refractivity contribution in [1.29, 1.82) is 0 Å². The Morgan fingerprint density at radius 1 is 0.750 bits per heavy atom. The van der Waals surface area contributed by atoms with Crippen molar-refractivity contribution in [3.05, 3.63) is 0 Å². The van der Waals surface area contributed by atoms with Gasteiger partial charge in [-0.05, 0) is 25.9 Å². The Morgan fingerprint density at radius 2 is 1.12 bits per heavy atom. The molecule has 4 N–H and O–H groups in total. The van der Waals surface area contributed by atoms with Gasteiger partial charge in [0.25, 0.3) is 0 Å². The molecule has 0 amide bonds. The Morgan fingerprint density at radius 3 is 1.38 bits per heavy atom. The van der Waals surface area contributed by atoms with Crippen LogP contribution in [0, 0.1) is 0 Å². The van der Waals surface area contributed by atoms with Crippen LogP contribution >= 0.6 is 0 Å². The first-order valence-electron chi connectivity index (χ1n) is 2.82. The number of unbranched alkanes of at least 4 members (excludes halogenated alkanes) is 2. The lowest BCUT2D eigenvalue weighted by Gasteiger charge is -1.91. The molecule has 0 aromatic rings. The normalized spacial score (nSPS) is 8.25. The van der Waals surface area contributed by atoms with Crippen molar-refractivity contribution in [1.82, 2.24) is 0 Å². The van der Waals surface area contributed by atoms with Crippen molar-refractivity contribution >= 4 is 0 Å². The highest BCUT2D eigenvalue weighted by Crippen LogP contribution is 1.88. The predicted octanol–water partition coefficient (Wildman–Crippen LogP) is 0.710. The van der Waals surface area contributed by atoms with Crippen molar-refractivity contribution in [2.24, 2.45) is 11.5 Å². The van der Waals surface area contributed by atoms with Crippen LogP contribution < -0.4 is 11.5 Å². The summed E-state index contributed by atoms with van der Waals surface area (Å²) in [4.78, 5) is 0. The van der Waals surface area contributed by atoms with Crippen LogP contribution in [0.25, 0.3) is 0 Å². The largest absolute Gasteiger partial charge is 0.330 e. The number of nitrogens with two attached hydrogens (primary N) is 2. The Hall–Kier alpha value is -0.0800. The van der Waals surface area contributed by atoms with E-state index in [-0.39, 0.29) is 7.43 Å². The topological polar surface area (TPSA) is 52.0 Å². The van der Waals surface area contributed by atoms with Crippen molar-refractivity contribution < 1.29 is 0 Å². The summed E-state index contributed by atoms with van der Waals surface area (Å²) in [5, 5.41) is 0. The van der Waals surface area contributed by atoms with Gasteiger partial charge in [0.15, 0.2) is 0 Å². The molecule has 0 aromatic carbocycles. The molecule has 0 spiro atoms. The van der Waals surface area contributed by atoms with Crippen LogP contribution in [0.15, 0.2) is 0 Å². The van der Waals surface area contributed by atoms with Gasteiger partial charge in [-0.25, -0.2) is 0 Å². The molecule has 52 valence electrons. The standard InChI is InChI=1S/C5H14N2.CH4/c6-4-2-1-3-5-7;/h1-7H2;1H4. The fourth-order valence-corrected chi connectivity index (χ4v) is 0.465. The van der Waals surface area contributed by atoms with Gasteiger partial charge in [0.2, 0.25) is 0 Å². The number of hydrogen-bond donors (Lipinski definition) is 2. The van der Waals surface area contributed by atoms with E-state index < -0.39 is 0 Å². The van der Waals surface area contributed by atoms with Gasteiger partial charge in [0.1, 0.15) is 0 Å². The highest BCUT2D eigenvalue weighted by Gasteiger charge is 1.80. The zero-order chi connectivity index (χ0) is 5.54. The van der Waals surface area contributed by atoms with Crippen molar-refractivity contribution in [2.45, 2.75) is 26.7 Å². The van der Waals surface area contributed by atoms with Gasteiger partial charge in [-0.2, -0.15) is 0 Å². The van der Waals surface area contributed by atoms with E-state index in [4.69, 9.17) is 11.5 Å². The SMILES string of the molecule is C.NCCCCCN. The predicted molar refractivity (Wildman–Crippen MR) is 38.7 cm³/mol. The van der Waals surface area contributed by atoms with Crippen LogP contribution in [-0.4, -0.2) is 13.1 Å². The molecule has 0 aliphatic heterocycles. The van der Waals surface area contributed by atoms with Crippen LogP contribution in [0.4, 0.5) is 0 Å². The molecule has 0 aromatic heterocycles. The highest BCUT2D eigenvalue weighted by atomic mass is 14.5. The van der Waals surface area contributed by atoms with E-state index in [1.807, 2.05) is 0 Å². The molecule has 0 saturated carbocycles. The molecular formula is C6H18N2. The fourth-order valence-electron chi connectivity index (χ4n) is 0.465. The molecule has 0 fully saturated rings. The number of hydrogen-bond acceptors (Lipinski definition) is 2. The molecule has 0 saturated heterocycles. The van der Waals surface area contributed by atoms with E-state index in [2.05, 4.69) is 0 Å². The van der Waals surface area contributed by atoms with E-state index in [1.165, 1.54) is 6.42 Å². The minimum atomic E-state index is 0. The Kier molecular flexibility index (Phi) is 13.6. The molecule has 0 bridgehead atoms. The summed E-state index contributed by atoms with van der Waals surface area (Å²) in [5.74, 6) is 0. The zero-order valence-electron chi connectivity index (χ0n) is 4.69. The third-order valence-corrected chi connectivity index (χ3v) is 0.908. The molecule has 2 heteroatoms. The van der Waals surface area contributed by atoms with Gasteiger partial charge in [0, 0.05) is 0 Å². The summed E-state index contributed by atoms with van der Waals surface area (Å²) in [6.07, 6.45) is 3.43. The number of rotatable bonds is 4. The Labute approximate surface area is 52.2 Å². The first kappa shape index (κ1) is 10.8. The summed E-state index contributed by atoms with van der Waals surface area (Å²) in [7, 11) is 0. The smallest absolute Gasteiger partial charge is 0.00773 e. The third kappa shape index (κ3) is 9.33. The molecule has 0 radical (unpaired) electrons. The lowest BCUT2D eigenvalue weighted by Crippen LogP contribution is -2.02. The van der Waals surface area contributed by atoms with Gasteiger partial charge in [0.05, 0.1) is 0 Å². The highest BCUT2D eigenvalue weighted by molar-refractivity contribution is 4.41. The van der Waals surface area contributed by atoms with Gasteiger partial charge >= 0.3 is 0 Å². The summed E-state index contributed by atoms with van der Waals surface area (Å²) < 4.78 is 0. The molecule has 0 rings (SSSR count). The second-order valence-corrected chi connectivity index (χ2v) is 1.64. The quantitative estimate of drug-likeness (QED) is 0.534. The van der Waals surface area contributed by atoms with E-state index in [0.29, 0.717) is 0 Å². The van der Waals surface area contributed by atoms with Crippen LogP contribution in [0.3, 0.4) is 0 Å². The molecule has 2 nitrogen and oxygen atoms in total. The van der Waals surface area contributed by atoms with E-state index >= 15 is 0 Å². The summed E-state index contributed by atoms with van der Waals surface area (Å²) in [6.45, 7) is 1.61.